The lowest BCUT2D eigenvalue weighted by atomic mass is 10.1. The van der Waals surface area contributed by atoms with E-state index < -0.39 is 0 Å². The third kappa shape index (κ3) is 4.33. The minimum absolute atomic E-state index is 0.181. The largest absolute Gasteiger partial charge is 0.464 e. The van der Waals surface area contributed by atoms with E-state index in [0.29, 0.717) is 6.61 Å². The fourth-order valence-electron chi connectivity index (χ4n) is 1.72. The molecule has 1 rings (SSSR count). The second-order valence-corrected chi connectivity index (χ2v) is 5.06. The van der Waals surface area contributed by atoms with Gasteiger partial charge in [0.15, 0.2) is 0 Å². The molecular formula is C14H20BrNO2. The van der Waals surface area contributed by atoms with E-state index in [0.717, 1.165) is 28.6 Å². The molecule has 0 spiro atoms. The minimum Gasteiger partial charge on any atom is -0.464 e. The average molecular weight is 314 g/mol. The smallest absolute Gasteiger partial charge is 0.328 e. The molecule has 1 aromatic rings. The van der Waals surface area contributed by atoms with E-state index >= 15 is 0 Å². The Hall–Kier alpha value is -1.03. The van der Waals surface area contributed by atoms with Gasteiger partial charge in [-0.1, -0.05) is 29.3 Å². The van der Waals surface area contributed by atoms with Crippen LogP contribution in [0, 0.1) is 6.92 Å². The van der Waals surface area contributed by atoms with Gasteiger partial charge in [-0.3, -0.25) is 0 Å². The first kappa shape index (κ1) is 15.0. The predicted molar refractivity (Wildman–Crippen MR) is 77.8 cm³/mol. The van der Waals surface area contributed by atoms with Crippen LogP contribution >= 0.6 is 15.9 Å². The van der Waals surface area contributed by atoms with Crippen LogP contribution in [-0.2, 0) is 9.53 Å². The Morgan fingerprint density at radius 1 is 1.44 bits per heavy atom. The van der Waals surface area contributed by atoms with Crippen molar-refractivity contribution in [3.8, 4) is 0 Å². The normalized spacial score (nSPS) is 12.0. The summed E-state index contributed by atoms with van der Waals surface area (Å²) in [6, 6.07) is 5.69. The second kappa shape index (κ2) is 7.41. The summed E-state index contributed by atoms with van der Waals surface area (Å²) < 4.78 is 6.14. The zero-order chi connectivity index (χ0) is 13.5. The molecule has 0 saturated heterocycles. The highest BCUT2D eigenvalue weighted by atomic mass is 79.9. The Bertz CT molecular complexity index is 407. The first-order valence-corrected chi connectivity index (χ1v) is 7.07. The summed E-state index contributed by atoms with van der Waals surface area (Å²) in [5, 5.41) is 3.24. The zero-order valence-corrected chi connectivity index (χ0v) is 12.7. The van der Waals surface area contributed by atoms with Crippen molar-refractivity contribution < 1.29 is 9.53 Å². The molecule has 0 radical (unpaired) electrons. The highest BCUT2D eigenvalue weighted by Crippen LogP contribution is 2.21. The maximum absolute atomic E-state index is 11.8. The molecule has 1 atom stereocenters. The van der Waals surface area contributed by atoms with Gasteiger partial charge < -0.3 is 10.1 Å². The summed E-state index contributed by atoms with van der Waals surface area (Å²) >= 11 is 3.46. The quantitative estimate of drug-likeness (QED) is 0.809. The van der Waals surface area contributed by atoms with Crippen molar-refractivity contribution in [2.75, 3.05) is 11.9 Å². The van der Waals surface area contributed by atoms with E-state index in [4.69, 9.17) is 4.74 Å². The lowest BCUT2D eigenvalue weighted by molar-refractivity contribution is -0.144. The molecule has 0 aliphatic rings. The van der Waals surface area contributed by atoms with E-state index in [1.54, 1.807) is 0 Å². The number of anilines is 1. The van der Waals surface area contributed by atoms with Crippen LogP contribution in [0.25, 0.3) is 0 Å². The van der Waals surface area contributed by atoms with Crippen molar-refractivity contribution in [2.24, 2.45) is 0 Å². The van der Waals surface area contributed by atoms with E-state index in [2.05, 4.69) is 28.2 Å². The number of esters is 1. The monoisotopic (exact) mass is 313 g/mol. The number of hydrogen-bond acceptors (Lipinski definition) is 3. The summed E-state index contributed by atoms with van der Waals surface area (Å²) in [5.74, 6) is -0.181. The van der Waals surface area contributed by atoms with Crippen LogP contribution in [-0.4, -0.2) is 18.6 Å². The van der Waals surface area contributed by atoms with Gasteiger partial charge in [-0.05, 0) is 44.0 Å². The molecule has 0 amide bonds. The Labute approximate surface area is 117 Å². The Balaban J connectivity index is 2.76. The van der Waals surface area contributed by atoms with Gasteiger partial charge in [-0.15, -0.1) is 0 Å². The maximum atomic E-state index is 11.8. The van der Waals surface area contributed by atoms with Crippen LogP contribution in [0.5, 0.6) is 0 Å². The standard InChI is InChI=1S/C14H20BrNO2/c1-4-6-13(14(17)18-5-2)16-11-7-8-12(15)10(3)9-11/h7-9,13,16H,4-6H2,1-3H3. The van der Waals surface area contributed by atoms with Crippen LogP contribution in [0.15, 0.2) is 22.7 Å². The number of aryl methyl sites for hydroxylation is 1. The summed E-state index contributed by atoms with van der Waals surface area (Å²) in [5.41, 5.74) is 2.08. The molecule has 0 aliphatic heterocycles. The number of halogens is 1. The van der Waals surface area contributed by atoms with Gasteiger partial charge in [-0.25, -0.2) is 4.79 Å². The summed E-state index contributed by atoms with van der Waals surface area (Å²) in [7, 11) is 0. The third-order valence-electron chi connectivity index (χ3n) is 2.65. The van der Waals surface area contributed by atoms with Crippen molar-refractivity contribution in [1.29, 1.82) is 0 Å². The number of hydrogen-bond donors (Lipinski definition) is 1. The van der Waals surface area contributed by atoms with Gasteiger partial charge >= 0.3 is 5.97 Å². The Morgan fingerprint density at radius 2 is 2.17 bits per heavy atom. The van der Waals surface area contributed by atoms with E-state index in [1.807, 2.05) is 32.0 Å². The highest BCUT2D eigenvalue weighted by Gasteiger charge is 2.18. The molecule has 0 bridgehead atoms. The van der Waals surface area contributed by atoms with Gasteiger partial charge in [0.2, 0.25) is 0 Å². The lowest BCUT2D eigenvalue weighted by Crippen LogP contribution is -2.31. The molecule has 0 aliphatic carbocycles. The number of rotatable bonds is 6. The van der Waals surface area contributed by atoms with Crippen LogP contribution in [0.4, 0.5) is 5.69 Å². The van der Waals surface area contributed by atoms with E-state index in [1.165, 1.54) is 0 Å². The lowest BCUT2D eigenvalue weighted by Gasteiger charge is -2.18. The van der Waals surface area contributed by atoms with Gasteiger partial charge in [0.25, 0.3) is 0 Å². The summed E-state index contributed by atoms with van der Waals surface area (Å²) in [4.78, 5) is 11.8. The van der Waals surface area contributed by atoms with Crippen LogP contribution in [0.2, 0.25) is 0 Å². The van der Waals surface area contributed by atoms with Crippen molar-refractivity contribution in [3.63, 3.8) is 0 Å². The average Bonchev–Trinajstić information content (AvgIpc) is 2.33. The number of nitrogens with one attached hydrogen (secondary N) is 1. The molecule has 0 heterocycles. The first-order chi connectivity index (χ1) is 8.58. The molecule has 18 heavy (non-hydrogen) atoms. The van der Waals surface area contributed by atoms with E-state index in [-0.39, 0.29) is 12.0 Å². The summed E-state index contributed by atoms with van der Waals surface area (Å²) in [6.45, 7) is 6.32. The van der Waals surface area contributed by atoms with Crippen LogP contribution < -0.4 is 5.32 Å². The number of carbonyl (C=O) groups excluding carboxylic acids is 1. The molecule has 0 saturated carbocycles. The van der Waals surface area contributed by atoms with Crippen molar-refractivity contribution in [2.45, 2.75) is 39.7 Å². The topological polar surface area (TPSA) is 38.3 Å². The molecule has 1 N–H and O–H groups in total. The maximum Gasteiger partial charge on any atom is 0.328 e. The third-order valence-corrected chi connectivity index (χ3v) is 3.54. The first-order valence-electron chi connectivity index (χ1n) is 6.27. The van der Waals surface area contributed by atoms with Gasteiger partial charge in [-0.2, -0.15) is 0 Å². The Kier molecular flexibility index (Phi) is 6.19. The SMILES string of the molecule is CCCC(Nc1ccc(Br)c(C)c1)C(=O)OCC. The van der Waals surface area contributed by atoms with Gasteiger partial charge in [0.1, 0.15) is 6.04 Å². The molecule has 4 heteroatoms. The number of benzene rings is 1. The minimum atomic E-state index is -0.268. The summed E-state index contributed by atoms with van der Waals surface area (Å²) in [6.07, 6.45) is 1.71. The second-order valence-electron chi connectivity index (χ2n) is 4.20. The van der Waals surface area contributed by atoms with Crippen LogP contribution in [0.3, 0.4) is 0 Å². The fourth-order valence-corrected chi connectivity index (χ4v) is 1.96. The predicted octanol–water partition coefficient (Wildman–Crippen LogP) is 3.90. The molecule has 100 valence electrons. The van der Waals surface area contributed by atoms with E-state index in [9.17, 15) is 4.79 Å². The number of ether oxygens (including phenoxy) is 1. The molecule has 0 aromatic heterocycles. The molecule has 3 nitrogen and oxygen atoms in total. The number of carbonyl (C=O) groups is 1. The van der Waals surface area contributed by atoms with Crippen molar-refractivity contribution >= 4 is 27.6 Å². The zero-order valence-electron chi connectivity index (χ0n) is 11.1. The molecule has 1 unspecified atom stereocenters. The van der Waals surface area contributed by atoms with Gasteiger partial charge in [0, 0.05) is 10.2 Å². The highest BCUT2D eigenvalue weighted by molar-refractivity contribution is 9.10. The molecule has 0 fully saturated rings. The van der Waals surface area contributed by atoms with Crippen molar-refractivity contribution in [1.82, 2.24) is 0 Å². The van der Waals surface area contributed by atoms with Gasteiger partial charge in [0.05, 0.1) is 6.61 Å². The van der Waals surface area contributed by atoms with Crippen LogP contribution in [0.1, 0.15) is 32.3 Å². The Morgan fingerprint density at radius 3 is 2.72 bits per heavy atom. The fraction of sp³-hybridized carbons (Fsp3) is 0.500. The molecular weight excluding hydrogens is 294 g/mol. The van der Waals surface area contributed by atoms with Crippen molar-refractivity contribution in [3.05, 3.63) is 28.2 Å². The molecule has 1 aromatic carbocycles.